The van der Waals surface area contributed by atoms with Gasteiger partial charge in [0, 0.05) is 32.7 Å². The van der Waals surface area contributed by atoms with Gasteiger partial charge in [0.15, 0.2) is 0 Å². The number of nitrogens with zero attached hydrogens (tertiary/aromatic N) is 3. The van der Waals surface area contributed by atoms with E-state index < -0.39 is 0 Å². The topological polar surface area (TPSA) is 26.8 Å². The summed E-state index contributed by atoms with van der Waals surface area (Å²) in [6.45, 7) is 3.24. The molecule has 1 fully saturated rings. The molecule has 1 heterocycles. The van der Waals surface area contributed by atoms with Gasteiger partial charge in [-0.25, -0.2) is 4.39 Å². The summed E-state index contributed by atoms with van der Waals surface area (Å²) in [5.41, 5.74) is 1.49. The second-order valence-electron chi connectivity index (χ2n) is 6.70. The summed E-state index contributed by atoms with van der Waals surface area (Å²) in [6, 6.07) is 12.2. The molecule has 1 saturated heterocycles. The highest BCUT2D eigenvalue weighted by Gasteiger charge is 2.23. The summed E-state index contributed by atoms with van der Waals surface area (Å²) in [5, 5.41) is 1.04. The summed E-state index contributed by atoms with van der Waals surface area (Å²) in [6.07, 6.45) is 0. The zero-order chi connectivity index (χ0) is 19.4. The van der Waals surface area contributed by atoms with Crippen LogP contribution in [0.3, 0.4) is 0 Å². The molecule has 0 aliphatic carbocycles. The van der Waals surface area contributed by atoms with E-state index >= 15 is 0 Å². The minimum absolute atomic E-state index is 0.0591. The summed E-state index contributed by atoms with van der Waals surface area (Å²) in [4.78, 5) is 18.3. The predicted octanol–water partition coefficient (Wildman–Crippen LogP) is 3.91. The molecule has 0 saturated carbocycles. The second kappa shape index (κ2) is 8.91. The largest absolute Gasteiger partial charge is 0.366 e. The molecule has 0 bridgehead atoms. The monoisotopic (exact) mass is 409 g/mol. The molecule has 144 valence electrons. The van der Waals surface area contributed by atoms with Crippen LogP contribution >= 0.6 is 23.2 Å². The summed E-state index contributed by atoms with van der Waals surface area (Å²) < 4.78 is 13.9. The van der Waals surface area contributed by atoms with Gasteiger partial charge in [-0.15, -0.1) is 0 Å². The molecule has 0 radical (unpaired) electrons. The number of piperazine rings is 1. The number of carbonyl (C=O) groups excluding carboxylic acids is 1. The van der Waals surface area contributed by atoms with Crippen molar-refractivity contribution < 1.29 is 9.18 Å². The Morgan fingerprint density at radius 2 is 1.78 bits per heavy atom. The van der Waals surface area contributed by atoms with E-state index in [-0.39, 0.29) is 11.7 Å². The van der Waals surface area contributed by atoms with Crippen molar-refractivity contribution in [2.75, 3.05) is 44.7 Å². The Kier molecular flexibility index (Phi) is 6.58. The minimum Gasteiger partial charge on any atom is -0.366 e. The number of amides is 1. The van der Waals surface area contributed by atoms with Crippen molar-refractivity contribution in [1.29, 1.82) is 0 Å². The molecule has 2 aromatic carbocycles. The first kappa shape index (κ1) is 19.9. The van der Waals surface area contributed by atoms with E-state index in [0.717, 1.165) is 5.56 Å². The second-order valence-corrected chi connectivity index (χ2v) is 7.49. The fourth-order valence-electron chi connectivity index (χ4n) is 3.25. The zero-order valence-electron chi connectivity index (χ0n) is 15.2. The first-order chi connectivity index (χ1) is 13.0. The number of carbonyl (C=O) groups is 1. The molecule has 7 heteroatoms. The Hall–Kier alpha value is -1.82. The average Bonchev–Trinajstić information content (AvgIpc) is 2.66. The van der Waals surface area contributed by atoms with Gasteiger partial charge in [-0.3, -0.25) is 9.69 Å². The number of anilines is 1. The van der Waals surface area contributed by atoms with Crippen molar-refractivity contribution in [3.05, 3.63) is 63.9 Å². The highest BCUT2D eigenvalue weighted by Crippen LogP contribution is 2.26. The van der Waals surface area contributed by atoms with Crippen LogP contribution in [-0.2, 0) is 11.3 Å². The number of para-hydroxylation sites is 1. The Bertz CT molecular complexity index is 810. The Labute approximate surface area is 169 Å². The normalized spacial score (nSPS) is 14.7. The lowest BCUT2D eigenvalue weighted by Crippen LogP contribution is -2.51. The maximum absolute atomic E-state index is 13.9. The maximum atomic E-state index is 13.9. The van der Waals surface area contributed by atoms with Crippen LogP contribution in [0.1, 0.15) is 5.56 Å². The molecule has 27 heavy (non-hydrogen) atoms. The van der Waals surface area contributed by atoms with Crippen LogP contribution in [0.2, 0.25) is 10.0 Å². The van der Waals surface area contributed by atoms with Crippen LogP contribution in [0.15, 0.2) is 42.5 Å². The molecule has 4 nitrogen and oxygen atoms in total. The van der Waals surface area contributed by atoms with Crippen molar-refractivity contribution in [2.45, 2.75) is 6.54 Å². The minimum atomic E-state index is -0.226. The van der Waals surface area contributed by atoms with E-state index in [1.165, 1.54) is 6.07 Å². The van der Waals surface area contributed by atoms with E-state index in [1.54, 1.807) is 18.2 Å². The first-order valence-electron chi connectivity index (χ1n) is 8.84. The fraction of sp³-hybridized carbons (Fsp3) is 0.350. The average molecular weight is 410 g/mol. The van der Waals surface area contributed by atoms with Gasteiger partial charge in [-0.05, 0) is 30.8 Å². The third-order valence-corrected chi connectivity index (χ3v) is 5.56. The third kappa shape index (κ3) is 4.92. The smallest absolute Gasteiger partial charge is 0.236 e. The van der Waals surface area contributed by atoms with Gasteiger partial charge >= 0.3 is 0 Å². The van der Waals surface area contributed by atoms with Crippen molar-refractivity contribution >= 4 is 34.8 Å². The first-order valence-corrected chi connectivity index (χ1v) is 9.60. The molecule has 1 aliphatic heterocycles. The molecule has 0 N–H and O–H groups in total. The van der Waals surface area contributed by atoms with Crippen LogP contribution in [0.4, 0.5) is 10.1 Å². The van der Waals surface area contributed by atoms with Crippen molar-refractivity contribution in [3.8, 4) is 0 Å². The maximum Gasteiger partial charge on any atom is 0.236 e. The summed E-state index contributed by atoms with van der Waals surface area (Å²) in [5.74, 6) is -0.167. The molecule has 2 aromatic rings. The molecule has 0 aromatic heterocycles. The number of hydrogen-bond donors (Lipinski definition) is 0. The van der Waals surface area contributed by atoms with Gasteiger partial charge < -0.3 is 9.80 Å². The van der Waals surface area contributed by atoms with Crippen LogP contribution < -0.4 is 4.90 Å². The standard InChI is InChI=1S/C20H22Cl2FN3O/c1-24(13-15-5-4-6-16(21)20(15)22)14-19(27)26-11-9-25(10-12-26)18-8-3-2-7-17(18)23/h2-8H,9-14H2,1H3. The van der Waals surface area contributed by atoms with E-state index in [2.05, 4.69) is 0 Å². The number of rotatable bonds is 5. The fourth-order valence-corrected chi connectivity index (χ4v) is 3.63. The predicted molar refractivity (Wildman–Crippen MR) is 108 cm³/mol. The lowest BCUT2D eigenvalue weighted by atomic mass is 10.2. The number of benzene rings is 2. The van der Waals surface area contributed by atoms with Crippen LogP contribution in [0.5, 0.6) is 0 Å². The molecule has 0 atom stereocenters. The molecular weight excluding hydrogens is 388 g/mol. The lowest BCUT2D eigenvalue weighted by Gasteiger charge is -2.36. The number of halogens is 3. The van der Waals surface area contributed by atoms with E-state index in [4.69, 9.17) is 23.2 Å². The van der Waals surface area contributed by atoms with E-state index in [0.29, 0.717) is 55.0 Å². The van der Waals surface area contributed by atoms with Gasteiger partial charge in [-0.2, -0.15) is 0 Å². The van der Waals surface area contributed by atoms with Gasteiger partial charge in [0.05, 0.1) is 22.3 Å². The Morgan fingerprint density at radius 3 is 2.48 bits per heavy atom. The molecule has 0 unspecified atom stereocenters. The Morgan fingerprint density at radius 1 is 1.07 bits per heavy atom. The quantitative estimate of drug-likeness (QED) is 0.748. The van der Waals surface area contributed by atoms with Crippen LogP contribution in [0, 0.1) is 5.82 Å². The summed E-state index contributed by atoms with van der Waals surface area (Å²) >= 11 is 12.3. The summed E-state index contributed by atoms with van der Waals surface area (Å²) in [7, 11) is 1.88. The van der Waals surface area contributed by atoms with Crippen LogP contribution in [0.25, 0.3) is 0 Å². The van der Waals surface area contributed by atoms with Gasteiger partial charge in [0.25, 0.3) is 0 Å². The van der Waals surface area contributed by atoms with Crippen molar-refractivity contribution in [2.24, 2.45) is 0 Å². The third-order valence-electron chi connectivity index (χ3n) is 4.70. The van der Waals surface area contributed by atoms with Crippen LogP contribution in [-0.4, -0.2) is 55.5 Å². The SMILES string of the molecule is CN(CC(=O)N1CCN(c2ccccc2F)CC1)Cc1cccc(Cl)c1Cl. The molecule has 1 aliphatic rings. The number of likely N-dealkylation sites (N-methyl/N-ethyl adjacent to an activating group) is 1. The van der Waals surface area contributed by atoms with E-state index in [9.17, 15) is 9.18 Å². The molecule has 0 spiro atoms. The highest BCUT2D eigenvalue weighted by atomic mass is 35.5. The number of hydrogen-bond acceptors (Lipinski definition) is 3. The Balaban J connectivity index is 1.52. The molecular formula is C20H22Cl2FN3O. The molecule has 3 rings (SSSR count). The van der Waals surface area contributed by atoms with Gasteiger partial charge in [0.1, 0.15) is 5.82 Å². The van der Waals surface area contributed by atoms with E-state index in [1.807, 2.05) is 39.9 Å². The lowest BCUT2D eigenvalue weighted by molar-refractivity contribution is -0.132. The van der Waals surface area contributed by atoms with Crippen molar-refractivity contribution in [1.82, 2.24) is 9.80 Å². The van der Waals surface area contributed by atoms with Crippen molar-refractivity contribution in [3.63, 3.8) is 0 Å². The highest BCUT2D eigenvalue weighted by molar-refractivity contribution is 6.42. The van der Waals surface area contributed by atoms with Gasteiger partial charge in [0.2, 0.25) is 5.91 Å². The zero-order valence-corrected chi connectivity index (χ0v) is 16.7. The van der Waals surface area contributed by atoms with Gasteiger partial charge in [-0.1, -0.05) is 47.5 Å². The molecule has 1 amide bonds.